The molecule has 4 rings (SSSR count). The van der Waals surface area contributed by atoms with Gasteiger partial charge in [-0.15, -0.1) is 0 Å². The van der Waals surface area contributed by atoms with Crippen molar-refractivity contribution in [1.82, 2.24) is 9.97 Å². The van der Waals surface area contributed by atoms with Gasteiger partial charge in [0, 0.05) is 12.2 Å². The number of aromatic amines is 1. The van der Waals surface area contributed by atoms with E-state index in [0.717, 1.165) is 37.9 Å². The van der Waals surface area contributed by atoms with Gasteiger partial charge in [-0.2, -0.15) is 0 Å². The van der Waals surface area contributed by atoms with Gasteiger partial charge in [0.25, 0.3) is 5.56 Å². The Hall–Kier alpha value is -2.31. The molecule has 0 spiro atoms. The molecule has 0 aromatic carbocycles. The van der Waals surface area contributed by atoms with Gasteiger partial charge in [0.05, 0.1) is 12.8 Å². The maximum absolute atomic E-state index is 12.3. The second-order valence-electron chi connectivity index (χ2n) is 6.94. The molecule has 2 aliphatic carbocycles. The zero-order valence-electron chi connectivity index (χ0n) is 15.7. The zero-order valence-corrected chi connectivity index (χ0v) is 16.5. The average Bonchev–Trinajstić information content (AvgIpc) is 3.05. The quantitative estimate of drug-likeness (QED) is 0.588. The molecule has 0 saturated carbocycles. The number of nitrogens with one attached hydrogen (secondary N) is 1. The van der Waals surface area contributed by atoms with Crippen LogP contribution in [0.15, 0.2) is 75.4 Å². The molecular weight excluding hydrogens is 372 g/mol. The van der Waals surface area contributed by atoms with E-state index < -0.39 is 0 Å². The summed E-state index contributed by atoms with van der Waals surface area (Å²) < 4.78 is 11.2. The molecule has 0 amide bonds. The summed E-state index contributed by atoms with van der Waals surface area (Å²) in [6, 6.07) is 0. The van der Waals surface area contributed by atoms with E-state index in [9.17, 15) is 4.79 Å². The Balaban J connectivity index is 1.37. The average molecular weight is 397 g/mol. The van der Waals surface area contributed by atoms with E-state index in [0.29, 0.717) is 11.8 Å². The zero-order chi connectivity index (χ0) is 19.2. The third-order valence-corrected chi connectivity index (χ3v) is 5.81. The van der Waals surface area contributed by atoms with E-state index >= 15 is 0 Å². The Morgan fingerprint density at radius 3 is 2.93 bits per heavy atom. The van der Waals surface area contributed by atoms with Crippen molar-refractivity contribution in [2.75, 3.05) is 12.4 Å². The number of aromatic nitrogens is 2. The van der Waals surface area contributed by atoms with Crippen LogP contribution in [0.25, 0.3) is 0 Å². The summed E-state index contributed by atoms with van der Waals surface area (Å²) in [6.07, 6.45) is 21.2. The van der Waals surface area contributed by atoms with Crippen LogP contribution >= 0.6 is 11.8 Å². The van der Waals surface area contributed by atoms with E-state index in [1.165, 1.54) is 34.7 Å². The summed E-state index contributed by atoms with van der Waals surface area (Å²) in [5, 5.41) is 0.598. The highest BCUT2D eigenvalue weighted by Gasteiger charge is 2.17. The summed E-state index contributed by atoms with van der Waals surface area (Å²) in [6.45, 7) is 0.678. The first-order valence-corrected chi connectivity index (χ1v) is 10.7. The maximum Gasteiger partial charge on any atom is 0.294 e. The van der Waals surface area contributed by atoms with Crippen molar-refractivity contribution in [3.63, 3.8) is 0 Å². The number of nitrogens with zero attached hydrogens (tertiary/aromatic N) is 1. The standard InChI is InChI=1S/C22H24N2O3S/c25-21-19(27-20-8-4-5-13-26-20)14-23-22(24-21)28-15-16-9-11-17-6-2-1-3-7-18(17)12-10-16/h2-3,6-7,9,11-12,14,20H,1,4-5,8,10,13,15H2,(H,23,24,25). The second kappa shape index (κ2) is 9.26. The van der Waals surface area contributed by atoms with E-state index in [1.54, 1.807) is 0 Å². The lowest BCUT2D eigenvalue weighted by Gasteiger charge is -2.22. The van der Waals surface area contributed by atoms with Gasteiger partial charge in [0.2, 0.25) is 5.75 Å². The fourth-order valence-corrected chi connectivity index (χ4v) is 4.08. The summed E-state index contributed by atoms with van der Waals surface area (Å²) in [4.78, 5) is 19.4. The van der Waals surface area contributed by atoms with Gasteiger partial charge in [-0.05, 0) is 36.8 Å². The first-order valence-electron chi connectivity index (χ1n) is 9.72. The number of allylic oxidation sites excluding steroid dienone is 9. The van der Waals surface area contributed by atoms with Crippen molar-refractivity contribution in [3.8, 4) is 5.75 Å². The number of fused-ring (bicyclic) bond motifs is 1. The Labute approximate surface area is 168 Å². The van der Waals surface area contributed by atoms with Gasteiger partial charge in [-0.25, -0.2) is 4.98 Å². The number of H-pyrrole nitrogens is 1. The van der Waals surface area contributed by atoms with Gasteiger partial charge in [0.1, 0.15) is 0 Å². The predicted octanol–water partition coefficient (Wildman–Crippen LogP) is 4.47. The van der Waals surface area contributed by atoms with Crippen molar-refractivity contribution in [1.29, 1.82) is 0 Å². The topological polar surface area (TPSA) is 64.2 Å². The van der Waals surface area contributed by atoms with Crippen LogP contribution in [0.4, 0.5) is 0 Å². The highest BCUT2D eigenvalue weighted by Crippen LogP contribution is 2.26. The fourth-order valence-electron chi connectivity index (χ4n) is 3.25. The normalized spacial score (nSPS) is 21.7. The lowest BCUT2D eigenvalue weighted by molar-refractivity contribution is -0.106. The van der Waals surface area contributed by atoms with Crippen LogP contribution in [0.1, 0.15) is 32.1 Å². The molecule has 2 heterocycles. The summed E-state index contributed by atoms with van der Waals surface area (Å²) >= 11 is 1.53. The first-order chi connectivity index (χ1) is 13.8. The Morgan fingerprint density at radius 2 is 2.11 bits per heavy atom. The highest BCUT2D eigenvalue weighted by molar-refractivity contribution is 7.99. The van der Waals surface area contributed by atoms with Gasteiger partial charge in [-0.1, -0.05) is 59.9 Å². The SMILES string of the molecule is O=c1[nH]c(SCC2=CC=C3C=CCC=CC3=CC2)ncc1OC1CCCCO1. The number of thioether (sulfide) groups is 1. The number of rotatable bonds is 5. The maximum atomic E-state index is 12.3. The first kappa shape index (κ1) is 19.0. The Kier molecular flexibility index (Phi) is 6.29. The summed E-state index contributed by atoms with van der Waals surface area (Å²) in [7, 11) is 0. The lowest BCUT2D eigenvalue weighted by atomic mass is 10.1. The van der Waals surface area contributed by atoms with E-state index in [2.05, 4.69) is 52.5 Å². The minimum absolute atomic E-state index is 0.220. The fraction of sp³-hybridized carbons (Fsp3) is 0.364. The summed E-state index contributed by atoms with van der Waals surface area (Å²) in [5.41, 5.74) is 3.54. The molecule has 1 aromatic rings. The van der Waals surface area contributed by atoms with Gasteiger partial charge in [-0.3, -0.25) is 9.78 Å². The minimum atomic E-state index is -0.344. The molecule has 1 saturated heterocycles. The predicted molar refractivity (Wildman–Crippen MR) is 112 cm³/mol. The molecule has 1 fully saturated rings. The largest absolute Gasteiger partial charge is 0.458 e. The molecule has 0 radical (unpaired) electrons. The van der Waals surface area contributed by atoms with Crippen LogP contribution in [0.5, 0.6) is 5.75 Å². The van der Waals surface area contributed by atoms with Crippen LogP contribution in [0, 0.1) is 0 Å². The number of hydrogen-bond acceptors (Lipinski definition) is 5. The van der Waals surface area contributed by atoms with Crippen LogP contribution in [-0.2, 0) is 4.74 Å². The van der Waals surface area contributed by atoms with E-state index in [1.807, 2.05) is 0 Å². The summed E-state index contributed by atoms with van der Waals surface area (Å²) in [5.74, 6) is 0.994. The van der Waals surface area contributed by atoms with Crippen molar-refractivity contribution in [3.05, 3.63) is 75.8 Å². The Bertz CT molecular complexity index is 918. The van der Waals surface area contributed by atoms with Crippen LogP contribution in [0.2, 0.25) is 0 Å². The van der Waals surface area contributed by atoms with Crippen molar-refractivity contribution in [2.24, 2.45) is 0 Å². The molecule has 1 atom stereocenters. The van der Waals surface area contributed by atoms with Crippen LogP contribution < -0.4 is 10.3 Å². The second-order valence-corrected chi connectivity index (χ2v) is 7.90. The molecule has 1 N–H and O–H groups in total. The Morgan fingerprint density at radius 1 is 1.21 bits per heavy atom. The minimum Gasteiger partial charge on any atom is -0.458 e. The van der Waals surface area contributed by atoms with Crippen molar-refractivity contribution >= 4 is 11.8 Å². The molecule has 28 heavy (non-hydrogen) atoms. The molecule has 5 nitrogen and oxygen atoms in total. The van der Waals surface area contributed by atoms with Crippen molar-refractivity contribution in [2.45, 2.75) is 43.6 Å². The van der Waals surface area contributed by atoms with Gasteiger partial charge >= 0.3 is 0 Å². The van der Waals surface area contributed by atoms with Crippen molar-refractivity contribution < 1.29 is 9.47 Å². The molecule has 6 heteroatoms. The number of ether oxygens (including phenoxy) is 2. The molecular formula is C22H24N2O3S. The third kappa shape index (κ3) is 4.94. The van der Waals surface area contributed by atoms with Gasteiger partial charge < -0.3 is 9.47 Å². The molecule has 3 aliphatic rings. The van der Waals surface area contributed by atoms with E-state index in [4.69, 9.17) is 9.47 Å². The number of hydrogen-bond donors (Lipinski definition) is 1. The molecule has 1 aliphatic heterocycles. The van der Waals surface area contributed by atoms with Crippen LogP contribution in [0.3, 0.4) is 0 Å². The molecule has 1 unspecified atom stereocenters. The smallest absolute Gasteiger partial charge is 0.294 e. The monoisotopic (exact) mass is 396 g/mol. The van der Waals surface area contributed by atoms with E-state index in [-0.39, 0.29) is 17.6 Å². The molecule has 0 bridgehead atoms. The highest BCUT2D eigenvalue weighted by atomic mass is 32.2. The van der Waals surface area contributed by atoms with Gasteiger partial charge in [0.15, 0.2) is 11.4 Å². The lowest BCUT2D eigenvalue weighted by Crippen LogP contribution is -2.27. The van der Waals surface area contributed by atoms with Crippen LogP contribution in [-0.4, -0.2) is 28.6 Å². The third-order valence-electron chi connectivity index (χ3n) is 4.82. The molecule has 146 valence electrons. The molecule has 1 aromatic heterocycles.